The van der Waals surface area contributed by atoms with Crippen LogP contribution in [0.25, 0.3) is 0 Å². The van der Waals surface area contributed by atoms with Crippen LogP contribution in [0.1, 0.15) is 26.3 Å². The molecule has 8 nitrogen and oxygen atoms in total. The Morgan fingerprint density at radius 2 is 1.66 bits per heavy atom. The van der Waals surface area contributed by atoms with E-state index in [1.165, 1.54) is 32.6 Å². The van der Waals surface area contributed by atoms with Crippen LogP contribution in [-0.4, -0.2) is 41.6 Å². The van der Waals surface area contributed by atoms with Gasteiger partial charge in [-0.15, -0.1) is 0 Å². The first kappa shape index (κ1) is 22.4. The summed E-state index contributed by atoms with van der Waals surface area (Å²) in [6.45, 7) is 6.09. The molecule has 0 radical (unpaired) electrons. The zero-order valence-corrected chi connectivity index (χ0v) is 17.9. The highest BCUT2D eigenvalue weighted by Gasteiger charge is 2.15. The smallest absolute Gasteiger partial charge is 0.276 e. The molecule has 0 aliphatic carbocycles. The van der Waals surface area contributed by atoms with E-state index in [2.05, 4.69) is 9.93 Å². The molecule has 0 saturated carbocycles. The first-order valence-corrected chi connectivity index (χ1v) is 10.5. The van der Waals surface area contributed by atoms with E-state index in [1.54, 1.807) is 24.3 Å². The summed E-state index contributed by atoms with van der Waals surface area (Å²) < 4.78 is 46.5. The summed E-state index contributed by atoms with van der Waals surface area (Å²) in [4.78, 5) is 2.26. The second-order valence-electron chi connectivity index (χ2n) is 6.18. The van der Waals surface area contributed by atoms with Gasteiger partial charge in [0, 0.05) is 5.56 Å². The lowest BCUT2D eigenvalue weighted by Crippen LogP contribution is -2.18. The zero-order valence-electron chi connectivity index (χ0n) is 17.1. The molecule has 0 saturated heterocycles. The number of hydrogen-bond donors (Lipinski definition) is 1. The maximum absolute atomic E-state index is 12.4. The monoisotopic (exact) mass is 422 g/mol. The third kappa shape index (κ3) is 6.02. The Morgan fingerprint density at radius 1 is 1.07 bits per heavy atom. The lowest BCUT2D eigenvalue weighted by Gasteiger charge is -2.14. The minimum atomic E-state index is -3.81. The molecule has 158 valence electrons. The van der Waals surface area contributed by atoms with E-state index in [1.807, 2.05) is 20.8 Å². The molecule has 0 heterocycles. The topological polar surface area (TPSA) is 95.5 Å². The molecular formula is C20H26N2O6S. The molecule has 2 aromatic carbocycles. The maximum Gasteiger partial charge on any atom is 0.276 e. The third-order valence-corrected chi connectivity index (χ3v) is 4.90. The average molecular weight is 423 g/mol. The Kier molecular flexibility index (Phi) is 7.72. The van der Waals surface area contributed by atoms with Gasteiger partial charge >= 0.3 is 0 Å². The number of rotatable bonds is 10. The molecule has 0 unspecified atom stereocenters. The number of nitrogens with one attached hydrogen (secondary N) is 1. The molecule has 0 amide bonds. The predicted molar refractivity (Wildman–Crippen MR) is 111 cm³/mol. The number of sulfonamides is 1. The number of nitrogens with zero attached hydrogens (tertiary/aromatic N) is 1. The molecule has 0 spiro atoms. The van der Waals surface area contributed by atoms with Crippen molar-refractivity contribution in [3.8, 4) is 23.0 Å². The maximum atomic E-state index is 12.4. The molecular weight excluding hydrogens is 396 g/mol. The lowest BCUT2D eigenvalue weighted by molar-refractivity contribution is 0.242. The van der Waals surface area contributed by atoms with E-state index in [0.29, 0.717) is 35.2 Å². The van der Waals surface area contributed by atoms with Crippen LogP contribution >= 0.6 is 0 Å². The van der Waals surface area contributed by atoms with E-state index in [-0.39, 0.29) is 11.0 Å². The van der Waals surface area contributed by atoms with Crippen molar-refractivity contribution in [2.75, 3.05) is 20.8 Å². The number of benzene rings is 2. The van der Waals surface area contributed by atoms with Gasteiger partial charge in [0.05, 0.1) is 38.0 Å². The Hall–Kier alpha value is -2.94. The van der Waals surface area contributed by atoms with Crippen molar-refractivity contribution in [1.29, 1.82) is 0 Å². The average Bonchev–Trinajstić information content (AvgIpc) is 2.68. The Balaban J connectivity index is 2.17. The SMILES string of the molecule is CCOc1c(OC)cc(/C=N/NS(=O)(=O)c2ccc(OC(C)C)cc2)cc1OC. The van der Waals surface area contributed by atoms with Gasteiger partial charge < -0.3 is 18.9 Å². The number of ether oxygens (including phenoxy) is 4. The third-order valence-electron chi connectivity index (χ3n) is 3.66. The molecule has 0 aliphatic heterocycles. The van der Waals surface area contributed by atoms with E-state index >= 15 is 0 Å². The molecule has 2 rings (SSSR count). The van der Waals surface area contributed by atoms with E-state index < -0.39 is 10.0 Å². The van der Waals surface area contributed by atoms with Gasteiger partial charge in [0.1, 0.15) is 5.75 Å². The van der Waals surface area contributed by atoms with Gasteiger partial charge in [0.2, 0.25) is 5.75 Å². The van der Waals surface area contributed by atoms with Crippen molar-refractivity contribution in [2.45, 2.75) is 31.8 Å². The normalized spacial score (nSPS) is 11.5. The molecule has 9 heteroatoms. The van der Waals surface area contributed by atoms with Crippen molar-refractivity contribution in [1.82, 2.24) is 4.83 Å². The van der Waals surface area contributed by atoms with Gasteiger partial charge in [-0.3, -0.25) is 0 Å². The van der Waals surface area contributed by atoms with Crippen molar-refractivity contribution in [3.63, 3.8) is 0 Å². The predicted octanol–water partition coefficient (Wildman–Crippen LogP) is 3.20. The van der Waals surface area contributed by atoms with Crippen LogP contribution in [-0.2, 0) is 10.0 Å². The fraction of sp³-hybridized carbons (Fsp3) is 0.350. The number of hydrazone groups is 1. The summed E-state index contributed by atoms with van der Waals surface area (Å²) >= 11 is 0. The zero-order chi connectivity index (χ0) is 21.4. The molecule has 0 aromatic heterocycles. The van der Waals surface area contributed by atoms with Gasteiger partial charge in [0.15, 0.2) is 11.5 Å². The van der Waals surface area contributed by atoms with Crippen LogP contribution in [0, 0.1) is 0 Å². The lowest BCUT2D eigenvalue weighted by atomic mass is 10.2. The van der Waals surface area contributed by atoms with Crippen LogP contribution < -0.4 is 23.8 Å². The Morgan fingerprint density at radius 3 is 2.14 bits per heavy atom. The second-order valence-corrected chi connectivity index (χ2v) is 7.84. The summed E-state index contributed by atoms with van der Waals surface area (Å²) in [5.74, 6) is 1.97. The number of hydrogen-bond acceptors (Lipinski definition) is 7. The minimum absolute atomic E-state index is 0.00304. The van der Waals surface area contributed by atoms with E-state index in [4.69, 9.17) is 18.9 Å². The standard InChI is InChI=1S/C20H26N2O6S/c1-6-27-20-18(25-4)11-15(12-19(20)26-5)13-21-22-29(23,24)17-9-7-16(8-10-17)28-14(2)3/h7-14,22H,6H2,1-5H3/b21-13+. The first-order chi connectivity index (χ1) is 13.8. The van der Waals surface area contributed by atoms with Crippen LogP contribution in [0.15, 0.2) is 46.4 Å². The molecule has 0 fully saturated rings. The minimum Gasteiger partial charge on any atom is -0.493 e. The summed E-state index contributed by atoms with van der Waals surface area (Å²) in [7, 11) is -0.799. The summed E-state index contributed by atoms with van der Waals surface area (Å²) in [5.41, 5.74) is 0.575. The summed E-state index contributed by atoms with van der Waals surface area (Å²) in [5, 5.41) is 3.84. The number of methoxy groups -OCH3 is 2. The van der Waals surface area contributed by atoms with Crippen molar-refractivity contribution < 1.29 is 27.4 Å². The second kappa shape index (κ2) is 10.0. The first-order valence-electron chi connectivity index (χ1n) is 9.01. The van der Waals surface area contributed by atoms with Gasteiger partial charge in [-0.25, -0.2) is 4.83 Å². The Labute approximate surface area is 171 Å². The van der Waals surface area contributed by atoms with Crippen LogP contribution in [0.5, 0.6) is 23.0 Å². The molecule has 0 atom stereocenters. The summed E-state index contributed by atoms with van der Waals surface area (Å²) in [6.07, 6.45) is 1.36. The van der Waals surface area contributed by atoms with Crippen LogP contribution in [0.3, 0.4) is 0 Å². The molecule has 2 aromatic rings. The van der Waals surface area contributed by atoms with Gasteiger partial charge in [-0.1, -0.05) is 0 Å². The van der Waals surface area contributed by atoms with Gasteiger partial charge in [-0.2, -0.15) is 13.5 Å². The molecule has 0 bridgehead atoms. The highest BCUT2D eigenvalue weighted by Crippen LogP contribution is 2.38. The molecule has 1 N–H and O–H groups in total. The Bertz CT molecular complexity index is 915. The van der Waals surface area contributed by atoms with E-state index in [9.17, 15) is 8.42 Å². The quantitative estimate of drug-likeness (QED) is 0.467. The fourth-order valence-electron chi connectivity index (χ4n) is 2.45. The van der Waals surface area contributed by atoms with E-state index in [0.717, 1.165) is 0 Å². The van der Waals surface area contributed by atoms with Crippen LogP contribution in [0.2, 0.25) is 0 Å². The summed E-state index contributed by atoms with van der Waals surface area (Å²) in [6, 6.07) is 9.45. The molecule has 29 heavy (non-hydrogen) atoms. The molecule has 0 aliphatic rings. The van der Waals surface area contributed by atoms with Crippen molar-refractivity contribution in [3.05, 3.63) is 42.0 Å². The van der Waals surface area contributed by atoms with Crippen molar-refractivity contribution in [2.24, 2.45) is 5.10 Å². The largest absolute Gasteiger partial charge is 0.493 e. The van der Waals surface area contributed by atoms with Gasteiger partial charge in [-0.05, 0) is 57.2 Å². The fourth-order valence-corrected chi connectivity index (χ4v) is 3.25. The van der Waals surface area contributed by atoms with Gasteiger partial charge in [0.25, 0.3) is 10.0 Å². The van der Waals surface area contributed by atoms with Crippen molar-refractivity contribution >= 4 is 16.2 Å². The highest BCUT2D eigenvalue weighted by atomic mass is 32.2. The highest BCUT2D eigenvalue weighted by molar-refractivity contribution is 7.89. The van der Waals surface area contributed by atoms with Crippen LogP contribution in [0.4, 0.5) is 0 Å².